The Bertz CT molecular complexity index is 1220. The number of pyridine rings is 1. The third-order valence-corrected chi connectivity index (χ3v) is 7.15. The van der Waals surface area contributed by atoms with Gasteiger partial charge in [-0.25, -0.2) is 0 Å². The number of benzene rings is 2. The fourth-order valence-electron chi connectivity index (χ4n) is 3.14. The molecule has 172 valence electrons. The van der Waals surface area contributed by atoms with Gasteiger partial charge in [0, 0.05) is 46.7 Å². The van der Waals surface area contributed by atoms with E-state index in [1.54, 1.807) is 48.4 Å². The number of nitrogens with zero attached hydrogens (tertiary/aromatic N) is 2. The molecule has 4 rings (SSSR count). The first-order chi connectivity index (χ1) is 16.5. The van der Waals surface area contributed by atoms with E-state index in [4.69, 9.17) is 11.6 Å². The number of carbonyl (C=O) groups is 3. The molecule has 3 aromatic rings. The minimum atomic E-state index is -0.365. The summed E-state index contributed by atoms with van der Waals surface area (Å²) in [6, 6.07) is 18.6. The van der Waals surface area contributed by atoms with E-state index in [-0.39, 0.29) is 30.1 Å². The van der Waals surface area contributed by atoms with Crippen molar-refractivity contribution in [1.82, 2.24) is 15.2 Å². The van der Waals surface area contributed by atoms with Crippen LogP contribution in [0.5, 0.6) is 0 Å². The Morgan fingerprint density at radius 3 is 2.56 bits per heavy atom. The zero-order chi connectivity index (χ0) is 23.9. The molecule has 2 aromatic carbocycles. The average molecular weight is 510 g/mol. The summed E-state index contributed by atoms with van der Waals surface area (Å²) >= 11 is 8.48. The summed E-state index contributed by atoms with van der Waals surface area (Å²) in [5.41, 5.74) is 2.36. The molecule has 34 heavy (non-hydrogen) atoms. The number of aromatic nitrogens is 1. The number of hydrogen-bond acceptors (Lipinski definition) is 6. The second-order valence-corrected chi connectivity index (χ2v) is 9.79. The minimum absolute atomic E-state index is 0.108. The van der Waals surface area contributed by atoms with Crippen LogP contribution >= 0.6 is 35.1 Å². The van der Waals surface area contributed by atoms with E-state index < -0.39 is 0 Å². The number of carbonyl (C=O) groups excluding carboxylic acids is 3. The van der Waals surface area contributed by atoms with E-state index in [0.717, 1.165) is 38.4 Å². The average Bonchev–Trinajstić information content (AvgIpc) is 3.12. The fourth-order valence-corrected chi connectivity index (χ4v) is 4.98. The van der Waals surface area contributed by atoms with Gasteiger partial charge in [0.2, 0.25) is 0 Å². The van der Waals surface area contributed by atoms with Crippen LogP contribution in [0.15, 0.2) is 82.9 Å². The quantitative estimate of drug-likeness (QED) is 0.319. The highest BCUT2D eigenvalue weighted by Gasteiger charge is 2.34. The van der Waals surface area contributed by atoms with E-state index in [1.807, 2.05) is 42.5 Å². The lowest BCUT2D eigenvalue weighted by Crippen LogP contribution is -2.37. The normalized spacial score (nSPS) is 14.6. The summed E-state index contributed by atoms with van der Waals surface area (Å²) in [6.45, 7) is 0.280. The Kier molecular flexibility index (Phi) is 8.05. The predicted octanol–water partition coefficient (Wildman–Crippen LogP) is 5.49. The number of halogens is 1. The molecule has 3 amide bonds. The Hall–Kier alpha value is -3.07. The second-order valence-electron chi connectivity index (χ2n) is 7.32. The standard InChI is InChI=1S/C25H20ClN3O3S2/c26-20-7-9-21(10-8-20)33-16-17-3-5-19(6-4-17)23(30)28-12-13-29-24(31)22(34-25(29)32)14-18-2-1-11-27-15-18/h1-11,14-15H,12-13,16H2,(H,28,30). The number of hydrogen-bond donors (Lipinski definition) is 1. The molecule has 0 saturated carbocycles. The van der Waals surface area contributed by atoms with Gasteiger partial charge in [-0.05, 0) is 71.4 Å². The van der Waals surface area contributed by atoms with Gasteiger partial charge in [-0.3, -0.25) is 24.3 Å². The molecular weight excluding hydrogens is 490 g/mol. The van der Waals surface area contributed by atoms with Crippen molar-refractivity contribution in [3.05, 3.63) is 99.7 Å². The molecule has 6 nitrogen and oxygen atoms in total. The fraction of sp³-hybridized carbons (Fsp3) is 0.120. The molecule has 1 N–H and O–H groups in total. The summed E-state index contributed by atoms with van der Waals surface area (Å²) in [5.74, 6) is 0.153. The number of amides is 3. The molecule has 1 fully saturated rings. The van der Waals surface area contributed by atoms with Crippen molar-refractivity contribution in [3.8, 4) is 0 Å². The highest BCUT2D eigenvalue weighted by Crippen LogP contribution is 2.31. The molecule has 2 heterocycles. The van der Waals surface area contributed by atoms with Crippen LogP contribution in [0.25, 0.3) is 6.08 Å². The predicted molar refractivity (Wildman–Crippen MR) is 137 cm³/mol. The van der Waals surface area contributed by atoms with Crippen LogP contribution < -0.4 is 5.32 Å². The van der Waals surface area contributed by atoms with Crippen molar-refractivity contribution in [1.29, 1.82) is 0 Å². The van der Waals surface area contributed by atoms with E-state index in [2.05, 4.69) is 10.3 Å². The van der Waals surface area contributed by atoms with Crippen LogP contribution in [0.3, 0.4) is 0 Å². The molecule has 0 radical (unpaired) electrons. The highest BCUT2D eigenvalue weighted by molar-refractivity contribution is 8.18. The van der Waals surface area contributed by atoms with Gasteiger partial charge in [-0.1, -0.05) is 29.8 Å². The van der Waals surface area contributed by atoms with Gasteiger partial charge in [-0.2, -0.15) is 0 Å². The van der Waals surface area contributed by atoms with E-state index in [1.165, 1.54) is 0 Å². The van der Waals surface area contributed by atoms with Crippen molar-refractivity contribution >= 4 is 58.3 Å². The lowest BCUT2D eigenvalue weighted by molar-refractivity contribution is -0.122. The first kappa shape index (κ1) is 24.1. The topological polar surface area (TPSA) is 79.4 Å². The largest absolute Gasteiger partial charge is 0.350 e. The SMILES string of the molecule is O=C(NCCN1C(=O)SC(=Cc2cccnc2)C1=O)c1ccc(CSc2ccc(Cl)cc2)cc1. The van der Waals surface area contributed by atoms with E-state index in [9.17, 15) is 14.4 Å². The van der Waals surface area contributed by atoms with Gasteiger partial charge >= 0.3 is 0 Å². The maximum absolute atomic E-state index is 12.6. The van der Waals surface area contributed by atoms with Gasteiger partial charge in [-0.15, -0.1) is 11.8 Å². The minimum Gasteiger partial charge on any atom is -0.350 e. The van der Waals surface area contributed by atoms with Crippen LogP contribution in [0.1, 0.15) is 21.5 Å². The summed E-state index contributed by atoms with van der Waals surface area (Å²) < 4.78 is 0. The first-order valence-electron chi connectivity index (χ1n) is 10.4. The summed E-state index contributed by atoms with van der Waals surface area (Å²) in [6.07, 6.45) is 4.90. The first-order valence-corrected chi connectivity index (χ1v) is 12.6. The lowest BCUT2D eigenvalue weighted by atomic mass is 10.1. The zero-order valence-corrected chi connectivity index (χ0v) is 20.3. The molecule has 9 heteroatoms. The Balaban J connectivity index is 1.26. The van der Waals surface area contributed by atoms with E-state index in [0.29, 0.717) is 15.5 Å². The van der Waals surface area contributed by atoms with Crippen LogP contribution in [0.4, 0.5) is 4.79 Å². The maximum Gasteiger partial charge on any atom is 0.293 e. The van der Waals surface area contributed by atoms with Crippen LogP contribution in [-0.2, 0) is 10.5 Å². The molecular formula is C25H20ClN3O3S2. The molecule has 0 spiro atoms. The van der Waals surface area contributed by atoms with Crippen molar-refractivity contribution in [3.63, 3.8) is 0 Å². The number of thioether (sulfide) groups is 2. The Morgan fingerprint density at radius 2 is 1.85 bits per heavy atom. The van der Waals surface area contributed by atoms with Crippen molar-refractivity contribution in [2.75, 3.05) is 13.1 Å². The summed E-state index contributed by atoms with van der Waals surface area (Å²) in [5, 5.41) is 3.13. The molecule has 1 aliphatic rings. The second kappa shape index (κ2) is 11.4. The molecule has 0 unspecified atom stereocenters. The molecule has 1 saturated heterocycles. The Morgan fingerprint density at radius 1 is 1.09 bits per heavy atom. The molecule has 0 atom stereocenters. The third-order valence-electron chi connectivity index (χ3n) is 4.91. The van der Waals surface area contributed by atoms with Crippen molar-refractivity contribution < 1.29 is 14.4 Å². The maximum atomic E-state index is 12.6. The van der Waals surface area contributed by atoms with Gasteiger partial charge in [0.25, 0.3) is 17.1 Å². The van der Waals surface area contributed by atoms with Gasteiger partial charge < -0.3 is 5.32 Å². The molecule has 0 aliphatic carbocycles. The van der Waals surface area contributed by atoms with Gasteiger partial charge in [0.05, 0.1) is 4.91 Å². The highest BCUT2D eigenvalue weighted by atomic mass is 35.5. The van der Waals surface area contributed by atoms with Crippen LogP contribution in [-0.4, -0.2) is 40.0 Å². The molecule has 0 bridgehead atoms. The summed E-state index contributed by atoms with van der Waals surface area (Å²) in [7, 11) is 0. The number of rotatable bonds is 8. The van der Waals surface area contributed by atoms with Crippen LogP contribution in [0, 0.1) is 0 Å². The molecule has 1 aromatic heterocycles. The van der Waals surface area contributed by atoms with E-state index >= 15 is 0 Å². The smallest absolute Gasteiger partial charge is 0.293 e. The third kappa shape index (κ3) is 6.28. The van der Waals surface area contributed by atoms with Gasteiger partial charge in [0.1, 0.15) is 0 Å². The molecule has 1 aliphatic heterocycles. The number of imide groups is 1. The summed E-state index contributed by atoms with van der Waals surface area (Å²) in [4.78, 5) is 43.9. The monoisotopic (exact) mass is 509 g/mol. The zero-order valence-electron chi connectivity index (χ0n) is 17.9. The van der Waals surface area contributed by atoms with Crippen molar-refractivity contribution in [2.24, 2.45) is 0 Å². The van der Waals surface area contributed by atoms with Gasteiger partial charge in [0.15, 0.2) is 0 Å². The lowest BCUT2D eigenvalue weighted by Gasteiger charge is -2.13. The van der Waals surface area contributed by atoms with Crippen molar-refractivity contribution in [2.45, 2.75) is 10.6 Å². The Labute approximate surface area is 210 Å². The van der Waals surface area contributed by atoms with Crippen LogP contribution in [0.2, 0.25) is 5.02 Å². The number of nitrogens with one attached hydrogen (secondary N) is 1.